The van der Waals surface area contributed by atoms with E-state index in [9.17, 15) is 4.79 Å². The van der Waals surface area contributed by atoms with Crippen molar-refractivity contribution in [1.29, 1.82) is 0 Å². The minimum atomic E-state index is -0.715. The van der Waals surface area contributed by atoms with Crippen LogP contribution in [0.2, 0.25) is 0 Å². The zero-order chi connectivity index (χ0) is 13.6. The van der Waals surface area contributed by atoms with Crippen LogP contribution in [-0.4, -0.2) is 45.4 Å². The quantitative estimate of drug-likeness (QED) is 0.273. The van der Waals surface area contributed by atoms with E-state index in [4.69, 9.17) is 15.9 Å². The highest BCUT2D eigenvalue weighted by atomic mass is 33.1. The zero-order valence-electron chi connectivity index (χ0n) is 10.5. The number of nitrogens with two attached hydrogens (primary N) is 1. The number of rotatable bonds is 13. The lowest BCUT2D eigenvalue weighted by Gasteiger charge is -2.15. The molecule has 4 N–H and O–H groups in total. The molecule has 108 valence electrons. The lowest BCUT2D eigenvalue weighted by atomic mass is 10.1. The Hall–Kier alpha value is 0.440. The van der Waals surface area contributed by atoms with Gasteiger partial charge < -0.3 is 15.9 Å². The normalized spacial score (nSPS) is 12.6. The summed E-state index contributed by atoms with van der Waals surface area (Å²) in [6.45, 7) is 0.209. The summed E-state index contributed by atoms with van der Waals surface area (Å²) in [6, 6.07) is 0. The number of aliphatic hydroxyl groups excluding tert-OH is 1. The summed E-state index contributed by atoms with van der Waals surface area (Å²) in [7, 11) is 3.50. The number of thioether (sulfide) groups is 1. The highest BCUT2D eigenvalue weighted by molar-refractivity contribution is 8.76. The molecule has 4 nitrogen and oxygen atoms in total. The number of carboxylic acids is 1. The summed E-state index contributed by atoms with van der Waals surface area (Å²) in [5.41, 5.74) is 5.44. The molecule has 0 heterocycles. The predicted octanol–water partition coefficient (Wildman–Crippen LogP) is 2.41. The SMILES string of the molecule is NCSCC[C@H](CCCCC(=O)O)SSCCO. The van der Waals surface area contributed by atoms with Crippen LogP contribution in [0.1, 0.15) is 32.1 Å². The Morgan fingerprint density at radius 2 is 2.00 bits per heavy atom. The summed E-state index contributed by atoms with van der Waals surface area (Å²) in [5.74, 6) is 1.74. The van der Waals surface area contributed by atoms with Crippen molar-refractivity contribution in [3.63, 3.8) is 0 Å². The summed E-state index contributed by atoms with van der Waals surface area (Å²) in [5, 5.41) is 17.9. The first-order chi connectivity index (χ1) is 8.70. The maximum absolute atomic E-state index is 10.4. The van der Waals surface area contributed by atoms with Crippen molar-refractivity contribution in [3.05, 3.63) is 0 Å². The fourth-order valence-electron chi connectivity index (χ4n) is 1.37. The van der Waals surface area contributed by atoms with Gasteiger partial charge in [0.05, 0.1) is 6.61 Å². The molecule has 0 aliphatic rings. The number of hydrogen-bond acceptors (Lipinski definition) is 6. The Bertz CT molecular complexity index is 198. The maximum atomic E-state index is 10.4. The van der Waals surface area contributed by atoms with Crippen LogP contribution in [0.5, 0.6) is 0 Å². The second kappa shape index (κ2) is 13.9. The predicted molar refractivity (Wildman–Crippen MR) is 83.2 cm³/mol. The van der Waals surface area contributed by atoms with E-state index in [0.717, 1.165) is 37.2 Å². The average Bonchev–Trinajstić information content (AvgIpc) is 2.34. The first kappa shape index (κ1) is 18.4. The van der Waals surface area contributed by atoms with Gasteiger partial charge in [0, 0.05) is 23.3 Å². The maximum Gasteiger partial charge on any atom is 0.303 e. The van der Waals surface area contributed by atoms with Crippen molar-refractivity contribution in [3.8, 4) is 0 Å². The van der Waals surface area contributed by atoms with Crippen molar-refractivity contribution in [2.75, 3.05) is 24.0 Å². The summed E-state index contributed by atoms with van der Waals surface area (Å²) in [4.78, 5) is 10.4. The number of hydrogen-bond donors (Lipinski definition) is 3. The lowest BCUT2D eigenvalue weighted by molar-refractivity contribution is -0.137. The van der Waals surface area contributed by atoms with Gasteiger partial charge in [0.25, 0.3) is 0 Å². The third-order valence-corrected chi connectivity index (χ3v) is 5.96. The molecule has 0 amide bonds. The summed E-state index contributed by atoms with van der Waals surface area (Å²) in [6.07, 6.45) is 4.11. The molecular formula is C11H23NO3S3. The van der Waals surface area contributed by atoms with Crippen LogP contribution >= 0.6 is 33.3 Å². The van der Waals surface area contributed by atoms with Crippen LogP contribution < -0.4 is 5.73 Å². The van der Waals surface area contributed by atoms with Crippen LogP contribution in [0.3, 0.4) is 0 Å². The number of carbonyl (C=O) groups is 1. The van der Waals surface area contributed by atoms with E-state index in [0.29, 0.717) is 11.1 Å². The van der Waals surface area contributed by atoms with Crippen LogP contribution in [0.25, 0.3) is 0 Å². The molecule has 0 radical (unpaired) electrons. The fraction of sp³-hybridized carbons (Fsp3) is 0.909. The molecule has 0 aliphatic carbocycles. The number of aliphatic carboxylic acids is 1. The van der Waals surface area contributed by atoms with Crippen molar-refractivity contribution in [2.45, 2.75) is 37.4 Å². The molecular weight excluding hydrogens is 290 g/mol. The van der Waals surface area contributed by atoms with Gasteiger partial charge in [0.15, 0.2) is 0 Å². The Kier molecular flexibility index (Phi) is 14.2. The van der Waals surface area contributed by atoms with Gasteiger partial charge in [-0.05, 0) is 25.0 Å². The molecule has 0 bridgehead atoms. The standard InChI is InChI=1S/C11H23NO3S3/c12-9-16-7-5-10(18-17-8-6-13)3-1-2-4-11(14)15/h10,13H,1-9,12H2,(H,14,15)/t10-/m0/s1. The van der Waals surface area contributed by atoms with E-state index >= 15 is 0 Å². The molecule has 18 heavy (non-hydrogen) atoms. The molecule has 7 heteroatoms. The summed E-state index contributed by atoms with van der Waals surface area (Å²) < 4.78 is 0. The minimum Gasteiger partial charge on any atom is -0.481 e. The summed E-state index contributed by atoms with van der Waals surface area (Å²) >= 11 is 1.73. The van der Waals surface area contributed by atoms with E-state index in [-0.39, 0.29) is 13.0 Å². The van der Waals surface area contributed by atoms with Crippen LogP contribution in [0, 0.1) is 0 Å². The van der Waals surface area contributed by atoms with Gasteiger partial charge in [-0.1, -0.05) is 28.0 Å². The molecule has 0 aromatic heterocycles. The van der Waals surface area contributed by atoms with E-state index in [1.807, 2.05) is 10.8 Å². The Labute approximate surface area is 121 Å². The van der Waals surface area contributed by atoms with E-state index in [1.165, 1.54) is 0 Å². The molecule has 0 aliphatic heterocycles. The topological polar surface area (TPSA) is 83.6 Å². The van der Waals surface area contributed by atoms with Gasteiger partial charge in [-0.2, -0.15) is 0 Å². The number of aliphatic hydroxyl groups is 1. The zero-order valence-corrected chi connectivity index (χ0v) is 13.0. The molecule has 0 aromatic carbocycles. The molecule has 0 fully saturated rings. The third-order valence-electron chi connectivity index (χ3n) is 2.25. The first-order valence-electron chi connectivity index (χ1n) is 6.09. The van der Waals surface area contributed by atoms with Gasteiger partial charge in [0.1, 0.15) is 0 Å². The van der Waals surface area contributed by atoms with Crippen LogP contribution in [0.15, 0.2) is 0 Å². The van der Waals surface area contributed by atoms with Crippen molar-refractivity contribution >= 4 is 39.3 Å². The van der Waals surface area contributed by atoms with Crippen molar-refractivity contribution in [2.24, 2.45) is 5.73 Å². The molecule has 0 aromatic rings. The third kappa shape index (κ3) is 12.9. The highest BCUT2D eigenvalue weighted by Crippen LogP contribution is 2.32. The van der Waals surface area contributed by atoms with Gasteiger partial charge in [-0.15, -0.1) is 11.8 Å². The van der Waals surface area contributed by atoms with E-state index in [2.05, 4.69) is 0 Å². The Balaban J connectivity index is 3.69. The van der Waals surface area contributed by atoms with Crippen LogP contribution in [-0.2, 0) is 4.79 Å². The van der Waals surface area contributed by atoms with Crippen LogP contribution in [0.4, 0.5) is 0 Å². The lowest BCUT2D eigenvalue weighted by Crippen LogP contribution is -2.06. The number of unbranched alkanes of at least 4 members (excludes halogenated alkanes) is 1. The van der Waals surface area contributed by atoms with Gasteiger partial charge in [-0.25, -0.2) is 0 Å². The van der Waals surface area contributed by atoms with Crippen molar-refractivity contribution in [1.82, 2.24) is 0 Å². The highest BCUT2D eigenvalue weighted by Gasteiger charge is 2.10. The minimum absolute atomic E-state index is 0.209. The smallest absolute Gasteiger partial charge is 0.303 e. The van der Waals surface area contributed by atoms with Gasteiger partial charge in [-0.3, -0.25) is 4.79 Å². The monoisotopic (exact) mass is 313 g/mol. The Morgan fingerprint density at radius 1 is 1.22 bits per heavy atom. The van der Waals surface area contributed by atoms with E-state index < -0.39 is 5.97 Å². The first-order valence-corrected chi connectivity index (χ1v) is 9.63. The van der Waals surface area contributed by atoms with Crippen molar-refractivity contribution < 1.29 is 15.0 Å². The molecule has 0 unspecified atom stereocenters. The molecule has 1 atom stereocenters. The second-order valence-corrected chi connectivity index (χ2v) is 7.70. The molecule has 0 saturated carbocycles. The largest absolute Gasteiger partial charge is 0.481 e. The van der Waals surface area contributed by atoms with Gasteiger partial charge >= 0.3 is 5.97 Å². The molecule has 0 rings (SSSR count). The Morgan fingerprint density at radius 3 is 2.61 bits per heavy atom. The second-order valence-electron chi connectivity index (χ2n) is 3.77. The van der Waals surface area contributed by atoms with E-state index in [1.54, 1.807) is 22.6 Å². The molecule has 0 saturated heterocycles. The van der Waals surface area contributed by atoms with Gasteiger partial charge in [0.2, 0.25) is 0 Å². The molecule has 0 spiro atoms. The number of carboxylic acid groups (broad SMARTS) is 1. The average molecular weight is 314 g/mol. The fourth-order valence-corrected chi connectivity index (χ4v) is 4.64.